The Morgan fingerprint density at radius 2 is 1.81 bits per heavy atom. The van der Waals surface area contributed by atoms with E-state index in [1.807, 2.05) is 67.6 Å². The number of rotatable bonds is 7. The van der Waals surface area contributed by atoms with Gasteiger partial charge in [-0.2, -0.15) is 8.78 Å². The van der Waals surface area contributed by atoms with Crippen molar-refractivity contribution in [1.82, 2.24) is 35.4 Å². The molecule has 0 fully saturated rings. The molecule has 31 heavy (non-hydrogen) atoms. The van der Waals surface area contributed by atoms with E-state index in [1.165, 1.54) is 4.68 Å². The second-order valence-electron chi connectivity index (χ2n) is 7.16. The molecule has 2 aromatic carbocycles. The Morgan fingerprint density at radius 3 is 2.45 bits per heavy atom. The minimum absolute atomic E-state index is 0.394. The highest BCUT2D eigenvalue weighted by molar-refractivity contribution is 5.80. The van der Waals surface area contributed by atoms with E-state index in [1.54, 1.807) is 0 Å². The monoisotopic (exact) mass is 421 g/mol. The number of aromatic nitrogens is 7. The Morgan fingerprint density at radius 1 is 1.06 bits per heavy atom. The van der Waals surface area contributed by atoms with E-state index >= 15 is 0 Å². The lowest BCUT2D eigenvalue weighted by Gasteiger charge is -2.08. The summed E-state index contributed by atoms with van der Waals surface area (Å²) < 4.78 is 29.0. The zero-order valence-corrected chi connectivity index (χ0v) is 17.1. The molecule has 0 bridgehead atoms. The summed E-state index contributed by atoms with van der Waals surface area (Å²) in [5.74, 6) is -2.46. The molecular weight excluding hydrogens is 400 g/mol. The number of hydrogen-bond acceptors (Lipinski definition) is 5. The van der Waals surface area contributed by atoms with Crippen molar-refractivity contribution in [3.05, 3.63) is 77.9 Å². The van der Waals surface area contributed by atoms with Crippen molar-refractivity contribution in [2.45, 2.75) is 32.7 Å². The lowest BCUT2D eigenvalue weighted by molar-refractivity contribution is 0.00757. The Bertz CT molecular complexity index is 1170. The fraction of sp³-hybridized carbons (Fsp3) is 0.227. The van der Waals surface area contributed by atoms with E-state index in [4.69, 9.17) is 0 Å². The van der Waals surface area contributed by atoms with Crippen LogP contribution in [0.25, 0.3) is 22.5 Å². The second-order valence-corrected chi connectivity index (χ2v) is 7.16. The van der Waals surface area contributed by atoms with Crippen molar-refractivity contribution in [3.63, 3.8) is 0 Å². The molecule has 0 aliphatic rings. The van der Waals surface area contributed by atoms with Gasteiger partial charge in [0.15, 0.2) is 5.82 Å². The molecule has 0 atom stereocenters. The van der Waals surface area contributed by atoms with Crippen LogP contribution in [0.4, 0.5) is 8.78 Å². The van der Waals surface area contributed by atoms with E-state index in [-0.39, 0.29) is 0 Å². The summed E-state index contributed by atoms with van der Waals surface area (Å²) in [7, 11) is 0. The first-order valence-corrected chi connectivity index (χ1v) is 9.81. The molecule has 0 spiro atoms. The number of alkyl halides is 2. The first-order chi connectivity index (χ1) is 15.0. The van der Waals surface area contributed by atoms with Gasteiger partial charge in [-0.15, -0.1) is 10.2 Å². The van der Waals surface area contributed by atoms with Crippen LogP contribution >= 0.6 is 0 Å². The zero-order chi connectivity index (χ0) is 21.8. The minimum atomic E-state index is -3.08. The van der Waals surface area contributed by atoms with Crippen molar-refractivity contribution < 1.29 is 8.78 Å². The summed E-state index contributed by atoms with van der Waals surface area (Å²) >= 11 is 0. The number of nitrogens with zero attached hydrogens (tertiary/aromatic N) is 6. The van der Waals surface area contributed by atoms with Crippen LogP contribution in [0, 0.1) is 0 Å². The average molecular weight is 421 g/mol. The van der Waals surface area contributed by atoms with Gasteiger partial charge in [-0.1, -0.05) is 60.7 Å². The maximum Gasteiger partial charge on any atom is 0.305 e. The predicted molar refractivity (Wildman–Crippen MR) is 112 cm³/mol. The quantitative estimate of drug-likeness (QED) is 0.447. The molecule has 0 saturated heterocycles. The van der Waals surface area contributed by atoms with Crippen molar-refractivity contribution >= 4 is 0 Å². The smallest absolute Gasteiger partial charge is 0.245 e. The van der Waals surface area contributed by atoms with Crippen LogP contribution < -0.4 is 0 Å². The number of H-pyrrole nitrogens is 1. The van der Waals surface area contributed by atoms with Gasteiger partial charge >= 0.3 is 5.92 Å². The summed E-state index contributed by atoms with van der Waals surface area (Å²) in [6.07, 6.45) is 4.11. The topological polar surface area (TPSA) is 85.2 Å². The molecular formula is C22H21F2N7. The fourth-order valence-corrected chi connectivity index (χ4v) is 3.24. The van der Waals surface area contributed by atoms with Gasteiger partial charge in [0.1, 0.15) is 5.82 Å². The number of nitrogens with one attached hydrogen (secondary N) is 1. The number of allylic oxidation sites excluding steroid dienone is 2. The van der Waals surface area contributed by atoms with Crippen LogP contribution in [-0.4, -0.2) is 35.4 Å². The molecule has 158 valence electrons. The van der Waals surface area contributed by atoms with Gasteiger partial charge in [0, 0.05) is 18.9 Å². The molecule has 0 aliphatic heterocycles. The van der Waals surface area contributed by atoms with Crippen molar-refractivity contribution in [2.24, 2.45) is 0 Å². The molecule has 2 heterocycles. The summed E-state index contributed by atoms with van der Waals surface area (Å²) in [6.45, 7) is 3.07. The van der Waals surface area contributed by atoms with Crippen molar-refractivity contribution in [2.75, 3.05) is 0 Å². The Labute approximate surface area is 177 Å². The van der Waals surface area contributed by atoms with Gasteiger partial charge in [0.25, 0.3) is 0 Å². The largest absolute Gasteiger partial charge is 0.305 e. The van der Waals surface area contributed by atoms with E-state index in [0.717, 1.165) is 29.2 Å². The van der Waals surface area contributed by atoms with Crippen LogP contribution in [0.5, 0.6) is 0 Å². The van der Waals surface area contributed by atoms with Crippen LogP contribution in [0.2, 0.25) is 0 Å². The number of tetrazole rings is 1. The van der Waals surface area contributed by atoms with E-state index in [2.05, 4.69) is 30.7 Å². The molecule has 1 N–H and O–H groups in total. The van der Waals surface area contributed by atoms with Gasteiger partial charge in [-0.05, 0) is 34.0 Å². The molecule has 0 aliphatic carbocycles. The highest BCUT2D eigenvalue weighted by atomic mass is 19.3. The third-order valence-electron chi connectivity index (χ3n) is 4.81. The highest BCUT2D eigenvalue weighted by Crippen LogP contribution is 2.30. The molecule has 0 saturated carbocycles. The Kier molecular flexibility index (Phi) is 5.66. The van der Waals surface area contributed by atoms with Crippen LogP contribution in [0.15, 0.2) is 60.7 Å². The number of halogens is 2. The van der Waals surface area contributed by atoms with E-state index in [0.29, 0.717) is 24.6 Å². The summed E-state index contributed by atoms with van der Waals surface area (Å²) in [5, 5.41) is 18.1. The second kappa shape index (κ2) is 8.55. The molecule has 9 heteroatoms. The SMILES string of the molecule is CC=CCn1nc(C(C)(F)F)nc1Cc1ccc(-c2ccccc2-c2nnn[nH]2)cc1. The van der Waals surface area contributed by atoms with Crippen molar-refractivity contribution in [1.29, 1.82) is 0 Å². The number of hydrogen-bond donors (Lipinski definition) is 1. The number of benzene rings is 2. The molecule has 0 amide bonds. The molecule has 4 aromatic rings. The lowest BCUT2D eigenvalue weighted by atomic mass is 9.98. The number of aromatic amines is 1. The first kappa shape index (κ1) is 20.5. The van der Waals surface area contributed by atoms with Gasteiger partial charge in [0.2, 0.25) is 5.82 Å². The summed E-state index contributed by atoms with van der Waals surface area (Å²) in [6, 6.07) is 15.7. The maximum absolute atomic E-state index is 13.7. The van der Waals surface area contributed by atoms with E-state index < -0.39 is 11.7 Å². The average Bonchev–Trinajstić information content (AvgIpc) is 3.43. The molecule has 2 aromatic heterocycles. The first-order valence-electron chi connectivity index (χ1n) is 9.81. The summed E-state index contributed by atoms with van der Waals surface area (Å²) in [5.41, 5.74) is 3.81. The third kappa shape index (κ3) is 4.55. The minimum Gasteiger partial charge on any atom is -0.245 e. The fourth-order valence-electron chi connectivity index (χ4n) is 3.24. The standard InChI is InChI=1S/C22H21F2N7/c1-3-4-13-31-19(25-21(28-31)22(2,23)24)14-15-9-11-16(12-10-15)17-7-5-6-8-18(17)20-26-29-30-27-20/h3-12H,13-14H2,1-2H3,(H,26,27,29,30). The molecule has 7 nitrogen and oxygen atoms in total. The van der Waals surface area contributed by atoms with Crippen LogP contribution in [0.3, 0.4) is 0 Å². The molecule has 0 radical (unpaired) electrons. The normalized spacial score (nSPS) is 12.0. The van der Waals surface area contributed by atoms with Gasteiger partial charge in [0.05, 0.1) is 6.54 Å². The highest BCUT2D eigenvalue weighted by Gasteiger charge is 2.31. The Balaban J connectivity index is 1.61. The maximum atomic E-state index is 13.7. The summed E-state index contributed by atoms with van der Waals surface area (Å²) in [4.78, 5) is 4.10. The van der Waals surface area contributed by atoms with Crippen molar-refractivity contribution in [3.8, 4) is 22.5 Å². The molecule has 4 rings (SSSR count). The van der Waals surface area contributed by atoms with Gasteiger partial charge < -0.3 is 0 Å². The van der Waals surface area contributed by atoms with Gasteiger partial charge in [-0.3, -0.25) is 0 Å². The lowest BCUT2D eigenvalue weighted by Crippen LogP contribution is -2.10. The third-order valence-corrected chi connectivity index (χ3v) is 4.81. The van der Waals surface area contributed by atoms with E-state index in [9.17, 15) is 8.78 Å². The van der Waals surface area contributed by atoms with Crippen LogP contribution in [0.1, 0.15) is 31.1 Å². The zero-order valence-electron chi connectivity index (χ0n) is 17.1. The van der Waals surface area contributed by atoms with Gasteiger partial charge in [-0.25, -0.2) is 14.8 Å². The van der Waals surface area contributed by atoms with Crippen LogP contribution in [-0.2, 0) is 18.9 Å². The Hall–Kier alpha value is -3.75. The predicted octanol–water partition coefficient (Wildman–Crippen LogP) is 4.40. The molecule has 0 unspecified atom stereocenters.